The van der Waals surface area contributed by atoms with Crippen molar-refractivity contribution in [2.45, 2.75) is 19.4 Å². The molecule has 0 aromatic heterocycles. The molecular weight excluding hydrogens is 261 g/mol. The van der Waals surface area contributed by atoms with Crippen LogP contribution in [0, 0.1) is 0 Å². The molecule has 0 fully saturated rings. The summed E-state index contributed by atoms with van der Waals surface area (Å²) in [7, 11) is -2.72. The molecule has 0 heterocycles. The Balaban J connectivity index is 4.71. The van der Waals surface area contributed by atoms with E-state index in [4.69, 9.17) is 25.0 Å². The zero-order valence-electron chi connectivity index (χ0n) is 10.5. The maximum Gasteiger partial charge on any atom is 0.329 e. The normalized spacial score (nSPS) is 14.4. The molecule has 7 nitrogen and oxygen atoms in total. The lowest BCUT2D eigenvalue weighted by atomic mass is 10.1. The lowest BCUT2D eigenvalue weighted by Crippen LogP contribution is -2.31. The molecule has 4 N–H and O–H groups in total. The summed E-state index contributed by atoms with van der Waals surface area (Å²) in [5.74, 6) is -0.627. The maximum atomic E-state index is 11.3. The quantitative estimate of drug-likeness (QED) is 0.326. The van der Waals surface area contributed by atoms with E-state index in [0.717, 1.165) is 0 Å². The van der Waals surface area contributed by atoms with Gasteiger partial charge in [-0.15, -0.1) is 0 Å². The SMILES string of the molecule is CCOC(=O)C(N)C=C(CCOC)CP(=O)(O)O. The summed E-state index contributed by atoms with van der Waals surface area (Å²) in [5, 5.41) is 0. The molecule has 0 aliphatic heterocycles. The Morgan fingerprint density at radius 1 is 1.50 bits per heavy atom. The van der Waals surface area contributed by atoms with Gasteiger partial charge in [0.25, 0.3) is 0 Å². The molecule has 8 heteroatoms. The van der Waals surface area contributed by atoms with Crippen LogP contribution >= 0.6 is 7.60 Å². The second-order valence-corrected chi connectivity index (χ2v) is 5.31. The number of nitrogens with two attached hydrogens (primary N) is 1. The second-order valence-electron chi connectivity index (χ2n) is 3.67. The van der Waals surface area contributed by atoms with Gasteiger partial charge < -0.3 is 25.0 Å². The van der Waals surface area contributed by atoms with Crippen molar-refractivity contribution in [1.29, 1.82) is 0 Å². The van der Waals surface area contributed by atoms with E-state index >= 15 is 0 Å². The number of methoxy groups -OCH3 is 1. The van der Waals surface area contributed by atoms with Gasteiger partial charge in [0.1, 0.15) is 6.04 Å². The Morgan fingerprint density at radius 3 is 2.56 bits per heavy atom. The molecule has 0 saturated heterocycles. The Bertz CT molecular complexity index is 337. The molecule has 0 aromatic rings. The fourth-order valence-electron chi connectivity index (χ4n) is 1.27. The standard InChI is InChI=1S/C10H20NO6P/c1-3-17-10(12)9(11)6-8(4-5-16-2)7-18(13,14)15/h6,9H,3-5,7,11H2,1-2H3,(H2,13,14,15). The average molecular weight is 281 g/mol. The molecule has 0 spiro atoms. The van der Waals surface area contributed by atoms with Gasteiger partial charge in [0.05, 0.1) is 12.8 Å². The monoisotopic (exact) mass is 281 g/mol. The van der Waals surface area contributed by atoms with Crippen LogP contribution in [0.25, 0.3) is 0 Å². The summed E-state index contributed by atoms with van der Waals surface area (Å²) in [6, 6.07) is -1.02. The molecule has 106 valence electrons. The molecule has 1 atom stereocenters. The fraction of sp³-hybridized carbons (Fsp3) is 0.700. The van der Waals surface area contributed by atoms with Crippen LogP contribution < -0.4 is 5.73 Å². The Kier molecular flexibility index (Phi) is 8.06. The Labute approximate surface area is 106 Å². The third-order valence-electron chi connectivity index (χ3n) is 2.01. The molecule has 0 saturated carbocycles. The third-order valence-corrected chi connectivity index (χ3v) is 2.83. The van der Waals surface area contributed by atoms with Crippen molar-refractivity contribution < 1.29 is 28.6 Å². The van der Waals surface area contributed by atoms with Crippen LogP contribution in [0.4, 0.5) is 0 Å². The number of carbonyl (C=O) groups excluding carboxylic acids is 1. The van der Waals surface area contributed by atoms with Crippen LogP contribution in [0.1, 0.15) is 13.3 Å². The molecule has 0 aliphatic rings. The predicted molar refractivity (Wildman–Crippen MR) is 66.1 cm³/mol. The number of carbonyl (C=O) groups is 1. The molecule has 0 bridgehead atoms. The van der Waals surface area contributed by atoms with Gasteiger partial charge in [0.15, 0.2) is 0 Å². The Hall–Kier alpha value is -0.720. The summed E-state index contributed by atoms with van der Waals surface area (Å²) in [4.78, 5) is 29.1. The van der Waals surface area contributed by atoms with E-state index in [1.54, 1.807) is 6.92 Å². The highest BCUT2D eigenvalue weighted by Gasteiger charge is 2.19. The molecule has 18 heavy (non-hydrogen) atoms. The summed E-state index contributed by atoms with van der Waals surface area (Å²) in [6.07, 6.45) is 1.17. The van der Waals surface area contributed by atoms with Crippen molar-refractivity contribution in [1.82, 2.24) is 0 Å². The number of rotatable bonds is 8. The van der Waals surface area contributed by atoms with E-state index in [-0.39, 0.29) is 6.61 Å². The number of hydrogen-bond acceptors (Lipinski definition) is 5. The fourth-order valence-corrected chi connectivity index (χ4v) is 2.07. The van der Waals surface area contributed by atoms with Crippen molar-refractivity contribution in [2.75, 3.05) is 26.5 Å². The van der Waals surface area contributed by atoms with Crippen LogP contribution in [-0.2, 0) is 18.8 Å². The van der Waals surface area contributed by atoms with Gasteiger partial charge in [0, 0.05) is 13.7 Å². The first kappa shape index (κ1) is 17.3. The van der Waals surface area contributed by atoms with Crippen LogP contribution in [0.5, 0.6) is 0 Å². The minimum atomic E-state index is -4.20. The van der Waals surface area contributed by atoms with Crippen LogP contribution in [0.2, 0.25) is 0 Å². The number of ether oxygens (including phenoxy) is 2. The topological polar surface area (TPSA) is 119 Å². The minimum Gasteiger partial charge on any atom is -0.465 e. The smallest absolute Gasteiger partial charge is 0.329 e. The van der Waals surface area contributed by atoms with E-state index in [2.05, 4.69) is 0 Å². The number of esters is 1. The molecule has 0 aliphatic carbocycles. The summed E-state index contributed by atoms with van der Waals surface area (Å²) < 4.78 is 20.5. The van der Waals surface area contributed by atoms with Crippen LogP contribution in [0.3, 0.4) is 0 Å². The van der Waals surface area contributed by atoms with E-state index in [1.807, 2.05) is 0 Å². The lowest BCUT2D eigenvalue weighted by molar-refractivity contribution is -0.143. The first-order valence-electron chi connectivity index (χ1n) is 5.45. The Morgan fingerprint density at radius 2 is 2.11 bits per heavy atom. The molecule has 0 rings (SSSR count). The van der Waals surface area contributed by atoms with E-state index in [1.165, 1.54) is 13.2 Å². The minimum absolute atomic E-state index is 0.201. The first-order valence-corrected chi connectivity index (χ1v) is 7.25. The molecule has 0 amide bonds. The van der Waals surface area contributed by atoms with Gasteiger partial charge in [0.2, 0.25) is 0 Å². The van der Waals surface area contributed by atoms with Gasteiger partial charge in [-0.2, -0.15) is 0 Å². The highest BCUT2D eigenvalue weighted by atomic mass is 31.2. The van der Waals surface area contributed by atoms with Gasteiger partial charge >= 0.3 is 13.6 Å². The van der Waals surface area contributed by atoms with Crippen molar-refractivity contribution in [2.24, 2.45) is 5.73 Å². The van der Waals surface area contributed by atoms with Crippen molar-refractivity contribution in [3.63, 3.8) is 0 Å². The summed E-state index contributed by atoms with van der Waals surface area (Å²) in [5.41, 5.74) is 5.93. The zero-order chi connectivity index (χ0) is 14.2. The molecule has 0 radical (unpaired) electrons. The van der Waals surface area contributed by atoms with Gasteiger partial charge in [-0.25, -0.2) is 0 Å². The summed E-state index contributed by atoms with van der Waals surface area (Å²) >= 11 is 0. The van der Waals surface area contributed by atoms with Gasteiger partial charge in [-0.3, -0.25) is 9.36 Å². The molecular formula is C10H20NO6P. The van der Waals surface area contributed by atoms with Gasteiger partial charge in [-0.05, 0) is 13.3 Å². The lowest BCUT2D eigenvalue weighted by Gasteiger charge is -2.12. The molecule has 0 aromatic carbocycles. The highest BCUT2D eigenvalue weighted by Crippen LogP contribution is 2.37. The number of hydrogen-bond donors (Lipinski definition) is 3. The third kappa shape index (κ3) is 8.38. The van der Waals surface area contributed by atoms with Crippen molar-refractivity contribution >= 4 is 13.6 Å². The maximum absolute atomic E-state index is 11.3. The largest absolute Gasteiger partial charge is 0.465 e. The van der Waals surface area contributed by atoms with E-state index in [0.29, 0.717) is 18.6 Å². The molecule has 1 unspecified atom stereocenters. The van der Waals surface area contributed by atoms with Crippen molar-refractivity contribution in [3.8, 4) is 0 Å². The van der Waals surface area contributed by atoms with E-state index < -0.39 is 25.8 Å². The van der Waals surface area contributed by atoms with Gasteiger partial charge in [-0.1, -0.05) is 11.6 Å². The van der Waals surface area contributed by atoms with Crippen LogP contribution in [-0.4, -0.2) is 48.3 Å². The second kappa shape index (κ2) is 8.39. The predicted octanol–water partition coefficient (Wildman–Crippen LogP) is 0.0174. The van der Waals surface area contributed by atoms with E-state index in [9.17, 15) is 9.36 Å². The zero-order valence-corrected chi connectivity index (χ0v) is 11.4. The van der Waals surface area contributed by atoms with Crippen molar-refractivity contribution in [3.05, 3.63) is 11.6 Å². The first-order chi connectivity index (χ1) is 8.30. The average Bonchev–Trinajstić information content (AvgIpc) is 2.24. The highest BCUT2D eigenvalue weighted by molar-refractivity contribution is 7.52. The summed E-state index contributed by atoms with van der Waals surface area (Å²) in [6.45, 7) is 2.14. The van der Waals surface area contributed by atoms with Crippen LogP contribution in [0.15, 0.2) is 11.6 Å².